The summed E-state index contributed by atoms with van der Waals surface area (Å²) in [7, 11) is 0. The molecule has 0 aliphatic carbocycles. The van der Waals surface area contributed by atoms with Crippen LogP contribution in [0, 0.1) is 0 Å². The molecule has 0 unspecified atom stereocenters. The van der Waals surface area contributed by atoms with E-state index in [4.69, 9.17) is 5.11 Å². The Morgan fingerprint density at radius 2 is 1.87 bits per heavy atom. The number of carbonyl (C=O) groups excluding carboxylic acids is 2. The van der Waals surface area contributed by atoms with Crippen molar-refractivity contribution in [3.05, 3.63) is 35.9 Å². The lowest BCUT2D eigenvalue weighted by Gasteiger charge is -2.02. The first-order chi connectivity index (χ1) is 7.25. The molecule has 1 rings (SSSR count). The van der Waals surface area contributed by atoms with Crippen molar-refractivity contribution in [2.45, 2.75) is 6.42 Å². The SMILES string of the molecule is O=C(OCCCO)C(=O)c1ccccc1. The summed E-state index contributed by atoms with van der Waals surface area (Å²) >= 11 is 0. The first-order valence-corrected chi connectivity index (χ1v) is 4.63. The van der Waals surface area contributed by atoms with Crippen molar-refractivity contribution >= 4 is 11.8 Å². The van der Waals surface area contributed by atoms with Crippen LogP contribution in [0.3, 0.4) is 0 Å². The van der Waals surface area contributed by atoms with Gasteiger partial charge in [-0.05, 0) is 0 Å². The van der Waals surface area contributed by atoms with Gasteiger partial charge < -0.3 is 9.84 Å². The first-order valence-electron chi connectivity index (χ1n) is 4.63. The second-order valence-electron chi connectivity index (χ2n) is 2.91. The van der Waals surface area contributed by atoms with E-state index in [1.165, 1.54) is 0 Å². The number of hydrogen-bond acceptors (Lipinski definition) is 4. The molecule has 0 amide bonds. The highest BCUT2D eigenvalue weighted by Gasteiger charge is 2.16. The van der Waals surface area contributed by atoms with Crippen LogP contribution < -0.4 is 0 Å². The molecule has 0 aromatic heterocycles. The van der Waals surface area contributed by atoms with Crippen LogP contribution in [0.2, 0.25) is 0 Å². The third-order valence-corrected chi connectivity index (χ3v) is 1.76. The van der Waals surface area contributed by atoms with Crippen LogP contribution in [0.4, 0.5) is 0 Å². The van der Waals surface area contributed by atoms with Crippen molar-refractivity contribution in [2.24, 2.45) is 0 Å². The highest BCUT2D eigenvalue weighted by atomic mass is 16.5. The predicted molar refractivity (Wildman–Crippen MR) is 53.4 cm³/mol. The molecule has 0 saturated carbocycles. The van der Waals surface area contributed by atoms with Gasteiger partial charge in [0, 0.05) is 18.6 Å². The Kier molecular flexibility index (Phi) is 4.50. The van der Waals surface area contributed by atoms with Crippen LogP contribution in [0.5, 0.6) is 0 Å². The van der Waals surface area contributed by atoms with Crippen LogP contribution in [0.1, 0.15) is 16.8 Å². The number of esters is 1. The van der Waals surface area contributed by atoms with E-state index < -0.39 is 11.8 Å². The van der Waals surface area contributed by atoms with E-state index in [0.717, 1.165) is 0 Å². The number of carbonyl (C=O) groups is 2. The maximum Gasteiger partial charge on any atom is 0.379 e. The summed E-state index contributed by atoms with van der Waals surface area (Å²) in [6.07, 6.45) is 0.341. The zero-order valence-electron chi connectivity index (χ0n) is 8.18. The van der Waals surface area contributed by atoms with E-state index in [1.807, 2.05) is 0 Å². The molecule has 0 atom stereocenters. The molecule has 0 fully saturated rings. The van der Waals surface area contributed by atoms with Crippen molar-refractivity contribution in [3.63, 3.8) is 0 Å². The smallest absolute Gasteiger partial charge is 0.379 e. The molecule has 1 N–H and O–H groups in total. The van der Waals surface area contributed by atoms with Gasteiger partial charge in [0.05, 0.1) is 6.61 Å². The lowest BCUT2D eigenvalue weighted by molar-refractivity contribution is -0.138. The second-order valence-corrected chi connectivity index (χ2v) is 2.91. The average molecular weight is 208 g/mol. The third-order valence-electron chi connectivity index (χ3n) is 1.76. The third kappa shape index (κ3) is 3.52. The van der Waals surface area contributed by atoms with Crippen molar-refractivity contribution in [3.8, 4) is 0 Å². The summed E-state index contributed by atoms with van der Waals surface area (Å²) in [4.78, 5) is 22.6. The molecule has 80 valence electrons. The molecule has 0 aliphatic heterocycles. The Balaban J connectivity index is 2.50. The molecule has 1 aromatic carbocycles. The highest BCUT2D eigenvalue weighted by molar-refractivity contribution is 6.40. The average Bonchev–Trinajstić information content (AvgIpc) is 2.29. The number of benzene rings is 1. The lowest BCUT2D eigenvalue weighted by atomic mass is 10.1. The lowest BCUT2D eigenvalue weighted by Crippen LogP contribution is -2.18. The molecule has 0 saturated heterocycles. The largest absolute Gasteiger partial charge is 0.460 e. The standard InChI is InChI=1S/C11H12O4/c12-7-4-8-15-11(14)10(13)9-5-2-1-3-6-9/h1-3,5-6,12H,4,7-8H2. The van der Waals surface area contributed by atoms with E-state index in [2.05, 4.69) is 4.74 Å². The van der Waals surface area contributed by atoms with E-state index in [-0.39, 0.29) is 13.2 Å². The van der Waals surface area contributed by atoms with E-state index in [1.54, 1.807) is 30.3 Å². The minimum Gasteiger partial charge on any atom is -0.460 e. The van der Waals surface area contributed by atoms with Crippen molar-refractivity contribution in [1.29, 1.82) is 0 Å². The van der Waals surface area contributed by atoms with Crippen molar-refractivity contribution in [2.75, 3.05) is 13.2 Å². The molecule has 1 aromatic rings. The van der Waals surface area contributed by atoms with E-state index in [9.17, 15) is 9.59 Å². The number of aliphatic hydroxyl groups is 1. The van der Waals surface area contributed by atoms with Crippen molar-refractivity contribution in [1.82, 2.24) is 0 Å². The molecule has 0 bridgehead atoms. The minimum absolute atomic E-state index is 0.0627. The zero-order chi connectivity index (χ0) is 11.1. The zero-order valence-corrected chi connectivity index (χ0v) is 8.18. The monoisotopic (exact) mass is 208 g/mol. The van der Waals surface area contributed by atoms with Crippen LogP contribution >= 0.6 is 0 Å². The Morgan fingerprint density at radius 1 is 1.20 bits per heavy atom. The fourth-order valence-corrected chi connectivity index (χ4v) is 1.00. The van der Waals surface area contributed by atoms with Gasteiger partial charge in [-0.15, -0.1) is 0 Å². The maximum atomic E-state index is 11.4. The molecule has 0 aliphatic rings. The van der Waals surface area contributed by atoms with Gasteiger partial charge in [-0.1, -0.05) is 30.3 Å². The topological polar surface area (TPSA) is 63.6 Å². The minimum atomic E-state index is -0.880. The molecule has 0 spiro atoms. The molecular formula is C11H12O4. The van der Waals surface area contributed by atoms with Gasteiger partial charge in [0.15, 0.2) is 0 Å². The highest BCUT2D eigenvalue weighted by Crippen LogP contribution is 2.01. The molecular weight excluding hydrogens is 196 g/mol. The Labute approximate surface area is 87.5 Å². The number of hydrogen-bond donors (Lipinski definition) is 1. The molecule has 4 heteroatoms. The quantitative estimate of drug-likeness (QED) is 0.336. The molecule has 4 nitrogen and oxygen atoms in total. The number of rotatable bonds is 5. The number of ketones is 1. The van der Waals surface area contributed by atoms with Crippen molar-refractivity contribution < 1.29 is 19.4 Å². The number of aliphatic hydroxyl groups excluding tert-OH is 1. The predicted octanol–water partition coefficient (Wildman–Crippen LogP) is 0.795. The van der Waals surface area contributed by atoms with Gasteiger partial charge in [-0.2, -0.15) is 0 Å². The summed E-state index contributed by atoms with van der Waals surface area (Å²) in [5.74, 6) is -1.54. The number of Topliss-reactive ketones (excluding diaryl/α,β-unsaturated/α-hetero) is 1. The summed E-state index contributed by atoms with van der Waals surface area (Å²) in [6, 6.07) is 8.21. The van der Waals surface area contributed by atoms with Crippen LogP contribution in [0.15, 0.2) is 30.3 Å². The van der Waals surface area contributed by atoms with Gasteiger partial charge in [-0.25, -0.2) is 4.79 Å². The first kappa shape index (κ1) is 11.4. The van der Waals surface area contributed by atoms with Gasteiger partial charge in [-0.3, -0.25) is 4.79 Å². The summed E-state index contributed by atoms with van der Waals surface area (Å²) < 4.78 is 4.65. The van der Waals surface area contributed by atoms with Gasteiger partial charge in [0.25, 0.3) is 5.78 Å². The van der Waals surface area contributed by atoms with Crippen LogP contribution in [0.25, 0.3) is 0 Å². The fourth-order valence-electron chi connectivity index (χ4n) is 1.00. The second kappa shape index (κ2) is 5.93. The normalized spacial score (nSPS) is 9.67. The maximum absolute atomic E-state index is 11.4. The Morgan fingerprint density at radius 3 is 2.47 bits per heavy atom. The van der Waals surface area contributed by atoms with Gasteiger partial charge in [0.1, 0.15) is 0 Å². The molecule has 0 radical (unpaired) electrons. The van der Waals surface area contributed by atoms with Gasteiger partial charge >= 0.3 is 5.97 Å². The Bertz CT molecular complexity index is 332. The summed E-state index contributed by atoms with van der Waals surface area (Å²) in [5.41, 5.74) is 0.312. The van der Waals surface area contributed by atoms with E-state index in [0.29, 0.717) is 12.0 Å². The number of ether oxygens (including phenoxy) is 1. The van der Waals surface area contributed by atoms with Crippen LogP contribution in [-0.2, 0) is 9.53 Å². The summed E-state index contributed by atoms with van der Waals surface area (Å²) in [6.45, 7) is 0.000709. The van der Waals surface area contributed by atoms with Gasteiger partial charge in [0.2, 0.25) is 0 Å². The van der Waals surface area contributed by atoms with E-state index >= 15 is 0 Å². The summed E-state index contributed by atoms with van der Waals surface area (Å²) in [5, 5.41) is 8.46. The molecule has 0 heterocycles. The Hall–Kier alpha value is -1.68. The fraction of sp³-hybridized carbons (Fsp3) is 0.273. The molecule has 15 heavy (non-hydrogen) atoms. The van der Waals surface area contributed by atoms with Crippen LogP contribution in [-0.4, -0.2) is 30.1 Å².